The number of carbonyl (C=O) groups excluding carboxylic acids is 2. The van der Waals surface area contributed by atoms with E-state index in [1.54, 1.807) is 0 Å². The van der Waals surface area contributed by atoms with E-state index in [0.29, 0.717) is 13.2 Å². The molecular formula is C20H29N3O3. The van der Waals surface area contributed by atoms with Crippen molar-refractivity contribution in [2.45, 2.75) is 38.6 Å². The first-order chi connectivity index (χ1) is 12.7. The van der Waals surface area contributed by atoms with Crippen LogP contribution in [0.25, 0.3) is 0 Å². The number of amides is 2. The first kappa shape index (κ1) is 18.7. The van der Waals surface area contributed by atoms with Crippen LogP contribution in [0.1, 0.15) is 44.2 Å². The van der Waals surface area contributed by atoms with Gasteiger partial charge in [-0.2, -0.15) is 0 Å². The first-order valence-corrected chi connectivity index (χ1v) is 9.68. The minimum Gasteiger partial charge on any atom is -0.493 e. The van der Waals surface area contributed by atoms with Crippen molar-refractivity contribution in [2.24, 2.45) is 5.92 Å². The lowest BCUT2D eigenvalue weighted by Gasteiger charge is -2.32. The molecule has 142 valence electrons. The lowest BCUT2D eigenvalue weighted by atomic mass is 9.96. The van der Waals surface area contributed by atoms with Crippen molar-refractivity contribution in [1.82, 2.24) is 15.5 Å². The van der Waals surface area contributed by atoms with E-state index < -0.39 is 0 Å². The second-order valence-corrected chi connectivity index (χ2v) is 7.14. The predicted octanol–water partition coefficient (Wildman–Crippen LogP) is 1.86. The summed E-state index contributed by atoms with van der Waals surface area (Å²) in [5, 5.41) is 6.12. The minimum absolute atomic E-state index is 0.0183. The Morgan fingerprint density at radius 2 is 1.96 bits per heavy atom. The number of nitrogens with one attached hydrogen (secondary N) is 2. The van der Waals surface area contributed by atoms with Gasteiger partial charge in [-0.1, -0.05) is 25.1 Å². The molecule has 0 bridgehead atoms. The van der Waals surface area contributed by atoms with E-state index in [1.807, 2.05) is 24.3 Å². The second kappa shape index (κ2) is 9.03. The molecule has 3 rings (SSSR count). The molecule has 0 saturated carbocycles. The fourth-order valence-electron chi connectivity index (χ4n) is 3.68. The maximum atomic E-state index is 12.5. The largest absolute Gasteiger partial charge is 0.493 e. The normalized spacial score (nSPS) is 20.7. The van der Waals surface area contributed by atoms with Gasteiger partial charge in [0.1, 0.15) is 5.75 Å². The van der Waals surface area contributed by atoms with E-state index in [4.69, 9.17) is 4.74 Å². The van der Waals surface area contributed by atoms with Crippen molar-refractivity contribution in [3.8, 4) is 5.75 Å². The number of ether oxygens (including phenoxy) is 1. The molecule has 1 aromatic rings. The SMILES string of the molecule is CCCNC(=O)C1CCN(CC(=O)NC2CCOc3ccccc32)CC1. The average Bonchev–Trinajstić information content (AvgIpc) is 2.67. The summed E-state index contributed by atoms with van der Waals surface area (Å²) in [4.78, 5) is 26.7. The van der Waals surface area contributed by atoms with Crippen LogP contribution < -0.4 is 15.4 Å². The van der Waals surface area contributed by atoms with Gasteiger partial charge in [0.25, 0.3) is 0 Å². The molecule has 0 spiro atoms. The summed E-state index contributed by atoms with van der Waals surface area (Å²) < 4.78 is 5.65. The van der Waals surface area contributed by atoms with Crippen LogP contribution in [-0.4, -0.2) is 49.5 Å². The van der Waals surface area contributed by atoms with Crippen molar-refractivity contribution in [3.63, 3.8) is 0 Å². The molecule has 1 atom stereocenters. The zero-order chi connectivity index (χ0) is 18.4. The van der Waals surface area contributed by atoms with Gasteiger partial charge in [-0.3, -0.25) is 14.5 Å². The summed E-state index contributed by atoms with van der Waals surface area (Å²) in [6.45, 7) is 5.40. The number of fused-ring (bicyclic) bond motifs is 1. The zero-order valence-corrected chi connectivity index (χ0v) is 15.5. The number of likely N-dealkylation sites (tertiary alicyclic amines) is 1. The number of nitrogens with zero attached hydrogens (tertiary/aromatic N) is 1. The monoisotopic (exact) mass is 359 g/mol. The number of carbonyl (C=O) groups is 2. The third-order valence-corrected chi connectivity index (χ3v) is 5.17. The number of rotatable bonds is 6. The third kappa shape index (κ3) is 4.75. The van der Waals surface area contributed by atoms with E-state index in [0.717, 1.165) is 56.6 Å². The fourth-order valence-corrected chi connectivity index (χ4v) is 3.68. The molecule has 2 N–H and O–H groups in total. The summed E-state index contributed by atoms with van der Waals surface area (Å²) in [6.07, 6.45) is 3.40. The molecule has 1 aromatic carbocycles. The van der Waals surface area contributed by atoms with E-state index in [1.165, 1.54) is 0 Å². The Hall–Kier alpha value is -2.08. The van der Waals surface area contributed by atoms with E-state index in [2.05, 4.69) is 22.5 Å². The maximum absolute atomic E-state index is 12.5. The van der Waals surface area contributed by atoms with Gasteiger partial charge in [0.2, 0.25) is 11.8 Å². The van der Waals surface area contributed by atoms with Crippen LogP contribution in [0, 0.1) is 5.92 Å². The molecular weight excluding hydrogens is 330 g/mol. The summed E-state index contributed by atoms with van der Waals surface area (Å²) in [5.74, 6) is 1.15. The molecule has 0 aromatic heterocycles. The average molecular weight is 359 g/mol. The Bertz CT molecular complexity index is 626. The van der Waals surface area contributed by atoms with E-state index >= 15 is 0 Å². The lowest BCUT2D eigenvalue weighted by Crippen LogP contribution is -2.45. The quantitative estimate of drug-likeness (QED) is 0.813. The number of hydrogen-bond acceptors (Lipinski definition) is 4. The fraction of sp³-hybridized carbons (Fsp3) is 0.600. The van der Waals surface area contributed by atoms with Crippen molar-refractivity contribution in [1.29, 1.82) is 0 Å². The van der Waals surface area contributed by atoms with E-state index in [-0.39, 0.29) is 23.8 Å². The topological polar surface area (TPSA) is 70.7 Å². The number of piperidine rings is 1. The summed E-state index contributed by atoms with van der Waals surface area (Å²) in [5.41, 5.74) is 1.05. The molecule has 6 heteroatoms. The standard InChI is InChI=1S/C20H29N3O3/c1-2-10-21-20(25)15-7-11-23(12-8-15)14-19(24)22-17-9-13-26-18-6-4-3-5-16(17)18/h3-6,15,17H,2,7-14H2,1H3,(H,21,25)(H,22,24). The minimum atomic E-state index is 0.0183. The van der Waals surface area contributed by atoms with Gasteiger partial charge in [0.05, 0.1) is 19.2 Å². The zero-order valence-electron chi connectivity index (χ0n) is 15.5. The molecule has 2 amide bonds. The second-order valence-electron chi connectivity index (χ2n) is 7.14. The molecule has 1 saturated heterocycles. The highest BCUT2D eigenvalue weighted by Crippen LogP contribution is 2.31. The van der Waals surface area contributed by atoms with Gasteiger partial charge < -0.3 is 15.4 Å². The summed E-state index contributed by atoms with van der Waals surface area (Å²) in [7, 11) is 0. The molecule has 0 aliphatic carbocycles. The van der Waals surface area contributed by atoms with Gasteiger partial charge in [0, 0.05) is 24.4 Å². The lowest BCUT2D eigenvalue weighted by molar-refractivity contribution is -0.127. The molecule has 6 nitrogen and oxygen atoms in total. The number of benzene rings is 1. The number of para-hydroxylation sites is 1. The van der Waals surface area contributed by atoms with E-state index in [9.17, 15) is 9.59 Å². The Labute approximate surface area is 155 Å². The molecule has 2 aliphatic heterocycles. The van der Waals surface area contributed by atoms with Crippen LogP contribution in [0.4, 0.5) is 0 Å². The molecule has 2 heterocycles. The third-order valence-electron chi connectivity index (χ3n) is 5.17. The maximum Gasteiger partial charge on any atom is 0.234 e. The van der Waals surface area contributed by atoms with Crippen LogP contribution in [0.15, 0.2) is 24.3 Å². The van der Waals surface area contributed by atoms with Crippen LogP contribution in [0.2, 0.25) is 0 Å². The van der Waals surface area contributed by atoms with Crippen LogP contribution in [0.5, 0.6) is 5.75 Å². The molecule has 1 unspecified atom stereocenters. The van der Waals surface area contributed by atoms with Gasteiger partial charge in [-0.15, -0.1) is 0 Å². The predicted molar refractivity (Wildman–Crippen MR) is 99.9 cm³/mol. The Morgan fingerprint density at radius 1 is 1.19 bits per heavy atom. The highest BCUT2D eigenvalue weighted by atomic mass is 16.5. The van der Waals surface area contributed by atoms with Gasteiger partial charge in [0.15, 0.2) is 0 Å². The van der Waals surface area contributed by atoms with Crippen molar-refractivity contribution >= 4 is 11.8 Å². The van der Waals surface area contributed by atoms with Crippen LogP contribution in [-0.2, 0) is 9.59 Å². The Balaban J connectivity index is 1.45. The molecule has 26 heavy (non-hydrogen) atoms. The molecule has 1 fully saturated rings. The number of hydrogen-bond donors (Lipinski definition) is 2. The first-order valence-electron chi connectivity index (χ1n) is 9.68. The van der Waals surface area contributed by atoms with Gasteiger partial charge in [-0.25, -0.2) is 0 Å². The highest BCUT2D eigenvalue weighted by Gasteiger charge is 2.27. The van der Waals surface area contributed by atoms with Crippen molar-refractivity contribution < 1.29 is 14.3 Å². The Kier molecular flexibility index (Phi) is 6.50. The van der Waals surface area contributed by atoms with Crippen molar-refractivity contribution in [2.75, 3.05) is 32.8 Å². The van der Waals surface area contributed by atoms with Gasteiger partial charge in [-0.05, 0) is 38.4 Å². The summed E-state index contributed by atoms with van der Waals surface area (Å²) >= 11 is 0. The highest BCUT2D eigenvalue weighted by molar-refractivity contribution is 5.79. The van der Waals surface area contributed by atoms with Crippen molar-refractivity contribution in [3.05, 3.63) is 29.8 Å². The Morgan fingerprint density at radius 3 is 2.73 bits per heavy atom. The summed E-state index contributed by atoms with van der Waals surface area (Å²) in [6, 6.07) is 7.90. The van der Waals surface area contributed by atoms with Gasteiger partial charge >= 0.3 is 0 Å². The smallest absolute Gasteiger partial charge is 0.234 e. The van der Waals surface area contributed by atoms with Crippen LogP contribution in [0.3, 0.4) is 0 Å². The molecule has 2 aliphatic rings. The molecule has 0 radical (unpaired) electrons. The van der Waals surface area contributed by atoms with Crippen LogP contribution >= 0.6 is 0 Å².